The Bertz CT molecular complexity index is 1200. The summed E-state index contributed by atoms with van der Waals surface area (Å²) in [4.78, 5) is 19.1. The predicted octanol–water partition coefficient (Wildman–Crippen LogP) is 3.07. The molecule has 2 aliphatic rings. The number of sulfonamides is 1. The molecule has 0 bridgehead atoms. The number of nitrogens with zero attached hydrogens (tertiary/aromatic N) is 3. The molecule has 2 saturated heterocycles. The summed E-state index contributed by atoms with van der Waals surface area (Å²) in [5.41, 5.74) is 5.21. The van der Waals surface area contributed by atoms with Gasteiger partial charge in [0, 0.05) is 31.8 Å². The molecule has 0 aliphatic carbocycles. The number of ketones is 1. The second kappa shape index (κ2) is 12.8. The van der Waals surface area contributed by atoms with Gasteiger partial charge < -0.3 is 21.1 Å². The van der Waals surface area contributed by atoms with Crippen molar-refractivity contribution in [2.75, 3.05) is 49.6 Å². The van der Waals surface area contributed by atoms with E-state index in [9.17, 15) is 27.1 Å². The van der Waals surface area contributed by atoms with Crippen LogP contribution in [0.15, 0.2) is 18.2 Å². The highest BCUT2D eigenvalue weighted by Crippen LogP contribution is 2.31. The molecule has 9 nitrogen and oxygen atoms in total. The maximum Gasteiger partial charge on any atom is 0.214 e. The molecule has 38 heavy (non-hydrogen) atoms. The highest BCUT2D eigenvalue weighted by atomic mass is 32.2. The number of benzene rings is 1. The Hall–Kier alpha value is -2.19. The molecule has 210 valence electrons. The third kappa shape index (κ3) is 6.87. The third-order valence-corrected chi connectivity index (χ3v) is 10.2. The van der Waals surface area contributed by atoms with Gasteiger partial charge in [-0.2, -0.15) is 0 Å². The van der Waals surface area contributed by atoms with Crippen molar-refractivity contribution in [3.8, 4) is 0 Å². The van der Waals surface area contributed by atoms with Crippen molar-refractivity contribution >= 4 is 38.1 Å². The van der Waals surface area contributed by atoms with Crippen LogP contribution in [-0.2, 0) is 10.0 Å². The number of halogens is 2. The molecule has 0 radical (unpaired) electrons. The maximum absolute atomic E-state index is 14.1. The first-order valence-corrected chi connectivity index (χ1v) is 15.5. The van der Waals surface area contributed by atoms with Crippen molar-refractivity contribution in [2.45, 2.75) is 57.0 Å². The lowest BCUT2D eigenvalue weighted by atomic mass is 9.99. The van der Waals surface area contributed by atoms with Gasteiger partial charge in [0.05, 0.1) is 11.3 Å². The fraction of sp³-hybridized carbons (Fsp3) is 0.600. The molecule has 1 atom stereocenters. The summed E-state index contributed by atoms with van der Waals surface area (Å²) in [5.74, 6) is -2.82. The maximum atomic E-state index is 14.1. The van der Waals surface area contributed by atoms with Crippen molar-refractivity contribution in [2.24, 2.45) is 0 Å². The van der Waals surface area contributed by atoms with Crippen LogP contribution in [0.3, 0.4) is 0 Å². The number of likely N-dealkylation sites (tertiary alicyclic amines) is 1. The molecule has 1 unspecified atom stereocenters. The van der Waals surface area contributed by atoms with Gasteiger partial charge in [0.15, 0.2) is 5.13 Å². The first-order chi connectivity index (χ1) is 18.2. The van der Waals surface area contributed by atoms with E-state index < -0.39 is 33.0 Å². The summed E-state index contributed by atoms with van der Waals surface area (Å²) < 4.78 is 55.5. The molecule has 2 aromatic rings. The van der Waals surface area contributed by atoms with Crippen LogP contribution in [0.4, 0.5) is 19.7 Å². The van der Waals surface area contributed by atoms with Crippen LogP contribution in [-0.4, -0.2) is 84.1 Å². The Morgan fingerprint density at radius 1 is 1.16 bits per heavy atom. The van der Waals surface area contributed by atoms with Crippen molar-refractivity contribution in [3.05, 3.63) is 40.3 Å². The Morgan fingerprint density at radius 2 is 1.87 bits per heavy atom. The van der Waals surface area contributed by atoms with E-state index in [1.807, 2.05) is 0 Å². The number of aliphatic hydroxyl groups is 1. The van der Waals surface area contributed by atoms with Crippen LogP contribution >= 0.6 is 11.3 Å². The second-order valence-corrected chi connectivity index (χ2v) is 12.9. The van der Waals surface area contributed by atoms with Gasteiger partial charge in [0.25, 0.3) is 0 Å². The first kappa shape index (κ1) is 28.8. The number of thiazole rings is 1. The van der Waals surface area contributed by atoms with Crippen LogP contribution in [0.2, 0.25) is 0 Å². The standard InChI is InChI=1S/C25H35F2N5O4S2/c26-19-6-3-7-20(27)21(19)22(34)23-24(28)30-25(37-23)29-17-8-13-32(14-9-17)38(35,36)16-4-12-31-11-2-1-5-18(31)10-15-33/h3,6-7,17-18,33H,1-2,4-5,8-16,28H2,(H,29,30). The lowest BCUT2D eigenvalue weighted by Gasteiger charge is -2.36. The monoisotopic (exact) mass is 571 g/mol. The average Bonchev–Trinajstić information content (AvgIpc) is 3.25. The lowest BCUT2D eigenvalue weighted by molar-refractivity contribution is 0.103. The number of carbonyl (C=O) groups is 1. The number of aliphatic hydroxyl groups excluding tert-OH is 1. The summed E-state index contributed by atoms with van der Waals surface area (Å²) in [6, 6.07) is 3.46. The van der Waals surface area contributed by atoms with Gasteiger partial charge in [-0.1, -0.05) is 23.8 Å². The minimum absolute atomic E-state index is 0.0496. The minimum atomic E-state index is -3.38. The fourth-order valence-electron chi connectivity index (χ4n) is 5.25. The van der Waals surface area contributed by atoms with E-state index in [2.05, 4.69) is 15.2 Å². The Kier molecular flexibility index (Phi) is 9.69. The highest BCUT2D eigenvalue weighted by molar-refractivity contribution is 7.89. The SMILES string of the molecule is Nc1nc(NC2CCN(S(=O)(=O)CCCN3CCCCC3CCO)CC2)sc1C(=O)c1c(F)cccc1F. The second-order valence-electron chi connectivity index (χ2n) is 9.84. The van der Waals surface area contributed by atoms with Crippen molar-refractivity contribution < 1.29 is 27.1 Å². The van der Waals surface area contributed by atoms with Gasteiger partial charge in [-0.15, -0.1) is 0 Å². The molecule has 1 aromatic heterocycles. The van der Waals surface area contributed by atoms with Crippen LogP contribution in [0.1, 0.15) is 60.2 Å². The van der Waals surface area contributed by atoms with E-state index in [1.165, 1.54) is 10.4 Å². The normalized spacial score (nSPS) is 20.0. The first-order valence-electron chi connectivity index (χ1n) is 13.0. The number of anilines is 2. The largest absolute Gasteiger partial charge is 0.396 e. The van der Waals surface area contributed by atoms with E-state index >= 15 is 0 Å². The van der Waals surface area contributed by atoms with Crippen LogP contribution < -0.4 is 11.1 Å². The van der Waals surface area contributed by atoms with Crippen molar-refractivity contribution in [3.63, 3.8) is 0 Å². The molecule has 13 heteroatoms. The molecule has 0 amide bonds. The van der Waals surface area contributed by atoms with Gasteiger partial charge in [-0.25, -0.2) is 26.5 Å². The van der Waals surface area contributed by atoms with Crippen molar-refractivity contribution in [1.82, 2.24) is 14.2 Å². The number of hydrogen-bond donors (Lipinski definition) is 3. The number of nitrogens with two attached hydrogens (primary N) is 1. The number of piperidine rings is 2. The summed E-state index contributed by atoms with van der Waals surface area (Å²) in [5, 5.41) is 12.8. The fourth-order valence-corrected chi connectivity index (χ4v) is 7.67. The van der Waals surface area contributed by atoms with E-state index in [4.69, 9.17) is 5.73 Å². The number of aromatic nitrogens is 1. The van der Waals surface area contributed by atoms with E-state index in [1.54, 1.807) is 0 Å². The Morgan fingerprint density at radius 3 is 2.55 bits per heavy atom. The third-order valence-electron chi connectivity index (χ3n) is 7.28. The summed E-state index contributed by atoms with van der Waals surface area (Å²) >= 11 is 0.926. The zero-order valence-corrected chi connectivity index (χ0v) is 22.9. The molecule has 2 aliphatic heterocycles. The molecule has 0 spiro atoms. The van der Waals surface area contributed by atoms with Crippen LogP contribution in [0.25, 0.3) is 0 Å². The van der Waals surface area contributed by atoms with Gasteiger partial charge in [-0.3, -0.25) is 4.79 Å². The van der Waals surface area contributed by atoms with Gasteiger partial charge in [-0.05, 0) is 63.7 Å². The van der Waals surface area contributed by atoms with E-state index in [0.717, 1.165) is 55.7 Å². The quantitative estimate of drug-likeness (QED) is 0.351. The van der Waals surface area contributed by atoms with E-state index in [0.29, 0.717) is 50.1 Å². The van der Waals surface area contributed by atoms with Gasteiger partial charge in [0.1, 0.15) is 22.3 Å². The number of hydrogen-bond acceptors (Lipinski definition) is 9. The zero-order valence-electron chi connectivity index (χ0n) is 21.2. The van der Waals surface area contributed by atoms with Crippen LogP contribution in [0.5, 0.6) is 0 Å². The van der Waals surface area contributed by atoms with Gasteiger partial charge >= 0.3 is 0 Å². The molecule has 4 rings (SSSR count). The number of nitrogens with one attached hydrogen (secondary N) is 1. The number of nitrogen functional groups attached to an aromatic ring is 1. The van der Waals surface area contributed by atoms with E-state index in [-0.39, 0.29) is 29.1 Å². The predicted molar refractivity (Wildman–Crippen MR) is 144 cm³/mol. The van der Waals surface area contributed by atoms with Crippen molar-refractivity contribution in [1.29, 1.82) is 0 Å². The number of carbonyl (C=O) groups excluding carboxylic acids is 1. The average molecular weight is 572 g/mol. The summed E-state index contributed by atoms with van der Waals surface area (Å²) in [7, 11) is -3.38. The summed E-state index contributed by atoms with van der Waals surface area (Å²) in [6.07, 6.45) is 5.69. The smallest absolute Gasteiger partial charge is 0.214 e. The Balaban J connectivity index is 1.27. The summed E-state index contributed by atoms with van der Waals surface area (Å²) in [6.45, 7) is 2.54. The molecular weight excluding hydrogens is 536 g/mol. The molecule has 2 fully saturated rings. The minimum Gasteiger partial charge on any atom is -0.396 e. The highest BCUT2D eigenvalue weighted by Gasteiger charge is 2.30. The number of rotatable bonds is 11. The molecule has 3 heterocycles. The Labute approximate surface area is 226 Å². The molecule has 0 saturated carbocycles. The molecule has 4 N–H and O–H groups in total. The topological polar surface area (TPSA) is 129 Å². The van der Waals surface area contributed by atoms with Crippen LogP contribution in [0, 0.1) is 11.6 Å². The lowest BCUT2D eigenvalue weighted by Crippen LogP contribution is -2.44. The molecular formula is C25H35F2N5O4S2. The van der Waals surface area contributed by atoms with Gasteiger partial charge in [0.2, 0.25) is 15.8 Å². The molecule has 1 aromatic carbocycles. The zero-order chi connectivity index (χ0) is 27.3.